The largest absolute Gasteiger partial charge is 0.492 e. The minimum atomic E-state index is -0.408. The van der Waals surface area contributed by atoms with Crippen molar-refractivity contribution in [2.24, 2.45) is 0 Å². The molecule has 21 heavy (non-hydrogen) atoms. The van der Waals surface area contributed by atoms with E-state index in [2.05, 4.69) is 26.6 Å². The van der Waals surface area contributed by atoms with Crippen molar-refractivity contribution >= 4 is 33.2 Å². The van der Waals surface area contributed by atoms with Crippen molar-refractivity contribution in [1.82, 2.24) is 0 Å². The fourth-order valence-electron chi connectivity index (χ4n) is 2.40. The lowest BCUT2D eigenvalue weighted by Crippen LogP contribution is -2.20. The number of anilines is 2. The molecule has 0 saturated heterocycles. The number of ether oxygens (including phenoxy) is 1. The number of nitrogens with one attached hydrogen (secondary N) is 2. The summed E-state index contributed by atoms with van der Waals surface area (Å²) in [6.07, 6.45) is 0. The molecule has 1 aliphatic rings. The summed E-state index contributed by atoms with van der Waals surface area (Å²) in [7, 11) is 0. The molecule has 1 aliphatic heterocycles. The van der Waals surface area contributed by atoms with Crippen LogP contribution in [0.15, 0.2) is 46.9 Å². The van der Waals surface area contributed by atoms with E-state index in [0.29, 0.717) is 6.61 Å². The lowest BCUT2D eigenvalue weighted by atomic mass is 10.1. The first-order chi connectivity index (χ1) is 10.2. The van der Waals surface area contributed by atoms with Gasteiger partial charge < -0.3 is 15.4 Å². The average Bonchev–Trinajstić information content (AvgIpc) is 2.76. The molecule has 1 amide bonds. The first kappa shape index (κ1) is 13.9. The van der Waals surface area contributed by atoms with E-state index < -0.39 is 6.04 Å². The van der Waals surface area contributed by atoms with Gasteiger partial charge in [0.05, 0.1) is 12.3 Å². The molecule has 2 N–H and O–H groups in total. The van der Waals surface area contributed by atoms with Gasteiger partial charge in [-0.25, -0.2) is 0 Å². The summed E-state index contributed by atoms with van der Waals surface area (Å²) in [5.74, 6) is 0.688. The Morgan fingerprint density at radius 3 is 2.90 bits per heavy atom. The van der Waals surface area contributed by atoms with Gasteiger partial charge in [0.15, 0.2) is 0 Å². The molecule has 1 atom stereocenters. The number of halogens is 1. The van der Waals surface area contributed by atoms with Crippen LogP contribution < -0.4 is 15.4 Å². The van der Waals surface area contributed by atoms with Crippen LogP contribution >= 0.6 is 15.9 Å². The molecule has 2 aromatic carbocycles. The van der Waals surface area contributed by atoms with Gasteiger partial charge in [-0.1, -0.05) is 34.1 Å². The molecule has 1 heterocycles. The van der Waals surface area contributed by atoms with Gasteiger partial charge in [0.2, 0.25) is 0 Å². The quantitative estimate of drug-likeness (QED) is 0.880. The molecule has 0 aliphatic carbocycles. The van der Waals surface area contributed by atoms with Crippen molar-refractivity contribution in [3.63, 3.8) is 0 Å². The number of hydrogen-bond donors (Lipinski definition) is 2. The van der Waals surface area contributed by atoms with Crippen LogP contribution in [0.5, 0.6) is 5.75 Å². The van der Waals surface area contributed by atoms with E-state index in [1.54, 1.807) is 0 Å². The van der Waals surface area contributed by atoms with Crippen LogP contribution in [0.25, 0.3) is 0 Å². The zero-order chi connectivity index (χ0) is 14.8. The van der Waals surface area contributed by atoms with Crippen molar-refractivity contribution in [3.05, 3.63) is 52.5 Å². The number of carbonyl (C=O) groups is 1. The normalized spacial score (nSPS) is 16.3. The molecule has 0 spiro atoms. The predicted octanol–water partition coefficient (Wildman–Crippen LogP) is 3.95. The Labute approximate surface area is 131 Å². The summed E-state index contributed by atoms with van der Waals surface area (Å²) in [6, 6.07) is 13.0. The topological polar surface area (TPSA) is 50.4 Å². The van der Waals surface area contributed by atoms with Crippen LogP contribution in [0.2, 0.25) is 0 Å². The van der Waals surface area contributed by atoms with E-state index in [0.717, 1.165) is 27.2 Å². The number of benzene rings is 2. The Morgan fingerprint density at radius 1 is 1.29 bits per heavy atom. The second-order valence-corrected chi connectivity index (χ2v) is 5.64. The predicted molar refractivity (Wildman–Crippen MR) is 86.7 cm³/mol. The zero-order valence-electron chi connectivity index (χ0n) is 11.5. The Hall–Kier alpha value is -2.01. The molecule has 3 rings (SSSR count). The molecule has 0 saturated carbocycles. The van der Waals surface area contributed by atoms with E-state index >= 15 is 0 Å². The highest BCUT2D eigenvalue weighted by Gasteiger charge is 2.31. The number of carbonyl (C=O) groups excluding carboxylic acids is 1. The molecule has 0 aromatic heterocycles. The third kappa shape index (κ3) is 2.74. The molecule has 5 heteroatoms. The van der Waals surface area contributed by atoms with E-state index in [1.807, 2.05) is 49.4 Å². The lowest BCUT2D eigenvalue weighted by molar-refractivity contribution is -0.116. The number of amides is 1. The fraction of sp³-hybridized carbons (Fsp3) is 0.188. The van der Waals surface area contributed by atoms with Gasteiger partial charge in [-0.15, -0.1) is 0 Å². The standard InChI is InChI=1S/C16H15BrN2O2/c1-2-21-14-6-4-3-5-12(14)18-15-11-8-7-10(17)9-13(11)19-16(15)20/h3-9,15,18H,2H2,1H3,(H,19,20). The van der Waals surface area contributed by atoms with Crippen LogP contribution in [0, 0.1) is 0 Å². The number of para-hydroxylation sites is 2. The maximum atomic E-state index is 12.2. The van der Waals surface area contributed by atoms with Gasteiger partial charge in [-0.05, 0) is 31.2 Å². The van der Waals surface area contributed by atoms with E-state index in [1.165, 1.54) is 0 Å². The van der Waals surface area contributed by atoms with Crippen LogP contribution in [0.1, 0.15) is 18.5 Å². The zero-order valence-corrected chi connectivity index (χ0v) is 13.1. The number of hydrogen-bond acceptors (Lipinski definition) is 3. The first-order valence-corrected chi connectivity index (χ1v) is 7.57. The Bertz CT molecular complexity index is 688. The molecule has 108 valence electrons. The van der Waals surface area contributed by atoms with Gasteiger partial charge in [0, 0.05) is 15.7 Å². The Kier molecular flexibility index (Phi) is 3.84. The van der Waals surface area contributed by atoms with Gasteiger partial charge in [0.25, 0.3) is 5.91 Å². The number of rotatable bonds is 4. The molecule has 0 bridgehead atoms. The minimum absolute atomic E-state index is 0.0607. The maximum Gasteiger partial charge on any atom is 0.251 e. The highest BCUT2D eigenvalue weighted by Crippen LogP contribution is 2.37. The number of fused-ring (bicyclic) bond motifs is 1. The van der Waals surface area contributed by atoms with E-state index in [4.69, 9.17) is 4.74 Å². The van der Waals surface area contributed by atoms with Gasteiger partial charge in [0.1, 0.15) is 11.8 Å². The monoisotopic (exact) mass is 346 g/mol. The first-order valence-electron chi connectivity index (χ1n) is 6.77. The highest BCUT2D eigenvalue weighted by atomic mass is 79.9. The lowest BCUT2D eigenvalue weighted by Gasteiger charge is -2.16. The highest BCUT2D eigenvalue weighted by molar-refractivity contribution is 9.10. The summed E-state index contributed by atoms with van der Waals surface area (Å²) >= 11 is 3.41. The molecule has 4 nitrogen and oxygen atoms in total. The fourth-order valence-corrected chi connectivity index (χ4v) is 2.76. The van der Waals surface area contributed by atoms with Gasteiger partial charge in [-0.2, -0.15) is 0 Å². The van der Waals surface area contributed by atoms with Crippen LogP contribution in [-0.2, 0) is 4.79 Å². The average molecular weight is 347 g/mol. The van der Waals surface area contributed by atoms with Crippen LogP contribution in [0.3, 0.4) is 0 Å². The molecule has 0 fully saturated rings. The van der Waals surface area contributed by atoms with Crippen molar-refractivity contribution in [3.8, 4) is 5.75 Å². The van der Waals surface area contributed by atoms with Crippen molar-refractivity contribution in [2.45, 2.75) is 13.0 Å². The Morgan fingerprint density at radius 2 is 2.10 bits per heavy atom. The van der Waals surface area contributed by atoms with Gasteiger partial charge in [-0.3, -0.25) is 4.79 Å². The smallest absolute Gasteiger partial charge is 0.251 e. The molecule has 0 radical (unpaired) electrons. The second-order valence-electron chi connectivity index (χ2n) is 4.73. The van der Waals surface area contributed by atoms with Crippen LogP contribution in [0.4, 0.5) is 11.4 Å². The van der Waals surface area contributed by atoms with Crippen LogP contribution in [-0.4, -0.2) is 12.5 Å². The van der Waals surface area contributed by atoms with E-state index in [-0.39, 0.29) is 5.91 Å². The SMILES string of the molecule is CCOc1ccccc1NC1C(=O)Nc2cc(Br)ccc21. The molecular weight excluding hydrogens is 332 g/mol. The summed E-state index contributed by atoms with van der Waals surface area (Å²) in [5.41, 5.74) is 2.59. The summed E-state index contributed by atoms with van der Waals surface area (Å²) in [5, 5.41) is 6.16. The second kappa shape index (κ2) is 5.77. The molecular formula is C16H15BrN2O2. The summed E-state index contributed by atoms with van der Waals surface area (Å²) in [6.45, 7) is 2.52. The molecule has 2 aromatic rings. The summed E-state index contributed by atoms with van der Waals surface area (Å²) in [4.78, 5) is 12.2. The minimum Gasteiger partial charge on any atom is -0.492 e. The van der Waals surface area contributed by atoms with Crippen molar-refractivity contribution in [2.75, 3.05) is 17.2 Å². The van der Waals surface area contributed by atoms with Crippen molar-refractivity contribution < 1.29 is 9.53 Å². The maximum absolute atomic E-state index is 12.2. The summed E-state index contributed by atoms with van der Waals surface area (Å²) < 4.78 is 6.53. The van der Waals surface area contributed by atoms with Crippen molar-refractivity contribution in [1.29, 1.82) is 0 Å². The van der Waals surface area contributed by atoms with Gasteiger partial charge >= 0.3 is 0 Å². The Balaban J connectivity index is 1.91. The third-order valence-corrected chi connectivity index (χ3v) is 3.83. The molecule has 1 unspecified atom stereocenters. The third-order valence-electron chi connectivity index (χ3n) is 3.33. The van der Waals surface area contributed by atoms with E-state index in [9.17, 15) is 4.79 Å².